The molecule has 0 bridgehead atoms. The molecule has 4 nitrogen and oxygen atoms in total. The van der Waals surface area contributed by atoms with Crippen LogP contribution in [0.5, 0.6) is 0 Å². The van der Waals surface area contributed by atoms with Gasteiger partial charge in [-0.05, 0) is 49.7 Å². The van der Waals surface area contributed by atoms with Crippen LogP contribution in [-0.4, -0.2) is 15.9 Å². The number of halogens is 1. The van der Waals surface area contributed by atoms with E-state index in [1.807, 2.05) is 44.2 Å². The smallest absolute Gasteiger partial charge is 0.228 e. The van der Waals surface area contributed by atoms with Crippen LogP contribution in [0, 0.1) is 13.8 Å². The molecule has 0 aliphatic rings. The quantitative estimate of drug-likeness (QED) is 0.789. The van der Waals surface area contributed by atoms with E-state index in [1.165, 1.54) is 0 Å². The van der Waals surface area contributed by atoms with Gasteiger partial charge in [-0.1, -0.05) is 23.7 Å². The monoisotopic (exact) mass is 325 g/mol. The standard InChI is InChI=1S/C18H16ClN3O/c1-11-12(2)21-17-10-15(6-7-16(17)20-11)22-18(23)9-13-4-3-5-14(19)8-13/h3-8,10H,9H2,1-2H3,(H,22,23). The number of aromatic nitrogens is 2. The van der Waals surface area contributed by atoms with E-state index < -0.39 is 0 Å². The lowest BCUT2D eigenvalue weighted by molar-refractivity contribution is -0.115. The molecule has 0 radical (unpaired) electrons. The Morgan fingerprint density at radius 3 is 2.52 bits per heavy atom. The topological polar surface area (TPSA) is 54.9 Å². The summed E-state index contributed by atoms with van der Waals surface area (Å²) in [7, 11) is 0. The van der Waals surface area contributed by atoms with Crippen molar-refractivity contribution in [1.29, 1.82) is 0 Å². The van der Waals surface area contributed by atoms with Crippen LogP contribution in [0.1, 0.15) is 17.0 Å². The molecule has 116 valence electrons. The molecule has 1 aromatic heterocycles. The van der Waals surface area contributed by atoms with Gasteiger partial charge in [0.25, 0.3) is 0 Å². The van der Waals surface area contributed by atoms with Crippen LogP contribution in [0.3, 0.4) is 0 Å². The summed E-state index contributed by atoms with van der Waals surface area (Å²) in [4.78, 5) is 21.2. The molecule has 0 aliphatic heterocycles. The van der Waals surface area contributed by atoms with Gasteiger partial charge in [-0.2, -0.15) is 0 Å². The molecule has 0 aliphatic carbocycles. The Labute approximate surface area is 139 Å². The summed E-state index contributed by atoms with van der Waals surface area (Å²) >= 11 is 5.93. The van der Waals surface area contributed by atoms with Crippen molar-refractivity contribution < 1.29 is 4.79 Å². The Kier molecular flexibility index (Phi) is 4.26. The molecule has 1 N–H and O–H groups in total. The van der Waals surface area contributed by atoms with Crippen LogP contribution < -0.4 is 5.32 Å². The number of fused-ring (bicyclic) bond motifs is 1. The number of nitrogens with one attached hydrogen (secondary N) is 1. The van der Waals surface area contributed by atoms with E-state index in [1.54, 1.807) is 12.1 Å². The maximum Gasteiger partial charge on any atom is 0.228 e. The molecule has 0 saturated heterocycles. The third kappa shape index (κ3) is 3.66. The van der Waals surface area contributed by atoms with Crippen molar-refractivity contribution in [3.8, 4) is 0 Å². The van der Waals surface area contributed by atoms with E-state index in [9.17, 15) is 4.79 Å². The molecule has 2 aromatic carbocycles. The highest BCUT2D eigenvalue weighted by Gasteiger charge is 2.07. The number of hydrogen-bond acceptors (Lipinski definition) is 3. The van der Waals surface area contributed by atoms with Crippen LogP contribution in [0.15, 0.2) is 42.5 Å². The van der Waals surface area contributed by atoms with Crippen molar-refractivity contribution in [2.45, 2.75) is 20.3 Å². The van der Waals surface area contributed by atoms with Crippen molar-refractivity contribution in [3.05, 3.63) is 64.4 Å². The molecule has 0 spiro atoms. The van der Waals surface area contributed by atoms with E-state index in [0.717, 1.165) is 28.0 Å². The van der Waals surface area contributed by atoms with Gasteiger partial charge in [0.15, 0.2) is 0 Å². The van der Waals surface area contributed by atoms with E-state index >= 15 is 0 Å². The van der Waals surface area contributed by atoms with Gasteiger partial charge in [0, 0.05) is 10.7 Å². The Hall–Kier alpha value is -2.46. The van der Waals surface area contributed by atoms with Crippen LogP contribution in [0.2, 0.25) is 5.02 Å². The van der Waals surface area contributed by atoms with Crippen LogP contribution in [0.4, 0.5) is 5.69 Å². The highest BCUT2D eigenvalue weighted by atomic mass is 35.5. The van der Waals surface area contributed by atoms with Crippen LogP contribution in [-0.2, 0) is 11.2 Å². The molecule has 0 saturated carbocycles. The fourth-order valence-corrected chi connectivity index (χ4v) is 2.56. The minimum absolute atomic E-state index is 0.0941. The molecule has 0 atom stereocenters. The summed E-state index contributed by atoms with van der Waals surface area (Å²) in [5, 5.41) is 3.51. The van der Waals surface area contributed by atoms with Crippen molar-refractivity contribution in [2.75, 3.05) is 5.32 Å². The number of carbonyl (C=O) groups excluding carboxylic acids is 1. The van der Waals surface area contributed by atoms with E-state index in [0.29, 0.717) is 10.7 Å². The number of anilines is 1. The molecule has 1 heterocycles. The summed E-state index contributed by atoms with van der Waals surface area (Å²) < 4.78 is 0. The summed E-state index contributed by atoms with van der Waals surface area (Å²) in [6.45, 7) is 3.86. The zero-order valence-corrected chi connectivity index (χ0v) is 13.7. The third-order valence-electron chi connectivity index (χ3n) is 3.61. The fraction of sp³-hybridized carbons (Fsp3) is 0.167. The molecule has 1 amide bonds. The number of nitrogens with zero attached hydrogens (tertiary/aromatic N) is 2. The van der Waals surface area contributed by atoms with Gasteiger partial charge in [0.2, 0.25) is 5.91 Å². The van der Waals surface area contributed by atoms with Gasteiger partial charge in [-0.15, -0.1) is 0 Å². The number of aryl methyl sites for hydroxylation is 2. The summed E-state index contributed by atoms with van der Waals surface area (Å²) in [6.07, 6.45) is 0.275. The molecular weight excluding hydrogens is 310 g/mol. The fourth-order valence-electron chi connectivity index (χ4n) is 2.35. The molecule has 23 heavy (non-hydrogen) atoms. The van der Waals surface area contributed by atoms with Crippen molar-refractivity contribution in [2.24, 2.45) is 0 Å². The second-order valence-electron chi connectivity index (χ2n) is 5.45. The third-order valence-corrected chi connectivity index (χ3v) is 3.85. The number of hydrogen-bond donors (Lipinski definition) is 1. The number of amides is 1. The summed E-state index contributed by atoms with van der Waals surface area (Å²) in [5.74, 6) is -0.0941. The van der Waals surface area contributed by atoms with Crippen LogP contribution in [0.25, 0.3) is 11.0 Å². The minimum Gasteiger partial charge on any atom is -0.326 e. The zero-order valence-electron chi connectivity index (χ0n) is 12.9. The second kappa shape index (κ2) is 6.34. The predicted molar refractivity (Wildman–Crippen MR) is 92.8 cm³/mol. The van der Waals surface area contributed by atoms with Gasteiger partial charge in [0.05, 0.1) is 28.8 Å². The van der Waals surface area contributed by atoms with Gasteiger partial charge < -0.3 is 5.32 Å². The summed E-state index contributed by atoms with van der Waals surface area (Å²) in [5.41, 5.74) is 4.98. The Morgan fingerprint density at radius 1 is 1.04 bits per heavy atom. The first kappa shape index (κ1) is 15.4. The highest BCUT2D eigenvalue weighted by Crippen LogP contribution is 2.18. The molecule has 0 unspecified atom stereocenters. The van der Waals surface area contributed by atoms with Gasteiger partial charge in [-0.3, -0.25) is 4.79 Å². The number of benzene rings is 2. The average molecular weight is 326 g/mol. The molecular formula is C18H16ClN3O. The molecule has 3 rings (SSSR count). The van der Waals surface area contributed by atoms with Gasteiger partial charge >= 0.3 is 0 Å². The first-order chi connectivity index (χ1) is 11.0. The lowest BCUT2D eigenvalue weighted by Gasteiger charge is -2.08. The van der Waals surface area contributed by atoms with Crippen molar-refractivity contribution >= 4 is 34.2 Å². The number of rotatable bonds is 3. The SMILES string of the molecule is Cc1nc2ccc(NC(=O)Cc3cccc(Cl)c3)cc2nc1C. The maximum atomic E-state index is 12.2. The Balaban J connectivity index is 1.78. The zero-order chi connectivity index (χ0) is 16.4. The lowest BCUT2D eigenvalue weighted by atomic mass is 10.1. The van der Waals surface area contributed by atoms with Crippen molar-refractivity contribution in [1.82, 2.24) is 9.97 Å². The molecule has 3 aromatic rings. The Morgan fingerprint density at radius 2 is 1.78 bits per heavy atom. The highest BCUT2D eigenvalue weighted by molar-refractivity contribution is 6.30. The molecule has 0 fully saturated rings. The molecule has 5 heteroatoms. The largest absolute Gasteiger partial charge is 0.326 e. The van der Waals surface area contributed by atoms with Crippen molar-refractivity contribution in [3.63, 3.8) is 0 Å². The van der Waals surface area contributed by atoms with Gasteiger partial charge in [0.1, 0.15) is 0 Å². The number of carbonyl (C=O) groups is 1. The normalized spacial score (nSPS) is 10.7. The predicted octanol–water partition coefficient (Wildman–Crippen LogP) is 4.08. The minimum atomic E-state index is -0.0941. The first-order valence-corrected chi connectivity index (χ1v) is 7.68. The second-order valence-corrected chi connectivity index (χ2v) is 5.89. The maximum absolute atomic E-state index is 12.2. The van der Waals surface area contributed by atoms with E-state index in [4.69, 9.17) is 11.6 Å². The first-order valence-electron chi connectivity index (χ1n) is 7.30. The van der Waals surface area contributed by atoms with Gasteiger partial charge in [-0.25, -0.2) is 9.97 Å². The Bertz CT molecular complexity index is 893. The van der Waals surface area contributed by atoms with E-state index in [2.05, 4.69) is 15.3 Å². The average Bonchev–Trinajstić information content (AvgIpc) is 2.48. The lowest BCUT2D eigenvalue weighted by Crippen LogP contribution is -2.14. The van der Waals surface area contributed by atoms with E-state index in [-0.39, 0.29) is 12.3 Å². The summed E-state index contributed by atoms with van der Waals surface area (Å²) in [6, 6.07) is 12.8. The van der Waals surface area contributed by atoms with Crippen LogP contribution >= 0.6 is 11.6 Å².